The number of fused-ring (bicyclic) bond motifs is 1. The van der Waals surface area contributed by atoms with Gasteiger partial charge in [0.2, 0.25) is 10.0 Å². The molecule has 0 saturated carbocycles. The number of rotatable bonds is 2. The summed E-state index contributed by atoms with van der Waals surface area (Å²) >= 11 is 5.96. The lowest BCUT2D eigenvalue weighted by molar-refractivity contribution is 0.411. The topological polar surface area (TPSA) is 77.2 Å². The van der Waals surface area contributed by atoms with Gasteiger partial charge in [-0.2, -0.15) is 9.40 Å². The summed E-state index contributed by atoms with van der Waals surface area (Å²) in [5, 5.41) is 4.68. The molecular weight excluding hydrogens is 340 g/mol. The van der Waals surface area contributed by atoms with Crippen molar-refractivity contribution in [3.8, 4) is 0 Å². The molecule has 2 aromatic rings. The Bertz CT molecular complexity index is 917. The van der Waals surface area contributed by atoms with Crippen LogP contribution in [0.15, 0.2) is 27.9 Å². The van der Waals surface area contributed by atoms with Gasteiger partial charge in [-0.3, -0.25) is 4.57 Å². The first-order valence-corrected chi connectivity index (χ1v) is 9.01. The van der Waals surface area contributed by atoms with E-state index >= 15 is 0 Å². The van der Waals surface area contributed by atoms with E-state index in [0.717, 1.165) is 0 Å². The normalized spacial score (nSPS) is 16.1. The van der Waals surface area contributed by atoms with Crippen LogP contribution in [0.1, 0.15) is 11.4 Å². The number of aromatic nitrogens is 3. The van der Waals surface area contributed by atoms with Crippen molar-refractivity contribution < 1.29 is 8.42 Å². The van der Waals surface area contributed by atoms with Gasteiger partial charge < -0.3 is 0 Å². The molecule has 0 fully saturated rings. The van der Waals surface area contributed by atoms with E-state index in [1.807, 2.05) is 0 Å². The summed E-state index contributed by atoms with van der Waals surface area (Å²) in [6.07, 6.45) is 0.405. The lowest BCUT2D eigenvalue weighted by Gasteiger charge is -2.20. The minimum Gasteiger partial charge on any atom is -0.278 e. The molecule has 1 aliphatic rings. The minimum atomic E-state index is -3.62. The third-order valence-corrected chi connectivity index (χ3v) is 6.33. The molecule has 0 radical (unpaired) electrons. The predicted molar refractivity (Wildman–Crippen MR) is 86.1 cm³/mol. The second-order valence-corrected chi connectivity index (χ2v) is 7.88. The van der Waals surface area contributed by atoms with Crippen molar-refractivity contribution in [2.45, 2.75) is 24.8 Å². The fraction of sp³-hybridized carbons (Fsp3) is 0.429. The van der Waals surface area contributed by atoms with E-state index in [1.165, 1.54) is 19.6 Å². The average Bonchev–Trinajstić information content (AvgIpc) is 2.67. The van der Waals surface area contributed by atoms with Crippen molar-refractivity contribution in [3.05, 3.63) is 45.1 Å². The van der Waals surface area contributed by atoms with Gasteiger partial charge in [0, 0.05) is 38.1 Å². The Balaban J connectivity index is 1.90. The summed E-state index contributed by atoms with van der Waals surface area (Å²) in [5.41, 5.74) is 0.492. The fourth-order valence-electron chi connectivity index (χ4n) is 2.68. The number of nitrogens with zero attached hydrogens (tertiary/aromatic N) is 4. The molecule has 124 valence electrons. The van der Waals surface area contributed by atoms with Crippen LogP contribution in [-0.4, -0.2) is 40.2 Å². The van der Waals surface area contributed by atoms with Crippen LogP contribution < -0.4 is 5.69 Å². The van der Waals surface area contributed by atoms with Crippen molar-refractivity contribution in [2.24, 2.45) is 7.05 Å². The predicted octanol–water partition coefficient (Wildman–Crippen LogP) is 0.791. The third kappa shape index (κ3) is 2.82. The van der Waals surface area contributed by atoms with Crippen molar-refractivity contribution in [2.75, 3.05) is 13.1 Å². The molecule has 1 aromatic carbocycles. The van der Waals surface area contributed by atoms with E-state index in [1.54, 1.807) is 26.1 Å². The molecule has 1 aliphatic heterocycles. The zero-order valence-electron chi connectivity index (χ0n) is 12.9. The first kappa shape index (κ1) is 16.2. The average molecular weight is 357 g/mol. The molecule has 0 bridgehead atoms. The van der Waals surface area contributed by atoms with E-state index in [2.05, 4.69) is 5.10 Å². The third-order valence-electron chi connectivity index (χ3n) is 4.01. The van der Waals surface area contributed by atoms with Crippen LogP contribution in [0.5, 0.6) is 0 Å². The van der Waals surface area contributed by atoms with Gasteiger partial charge in [0.15, 0.2) is 0 Å². The summed E-state index contributed by atoms with van der Waals surface area (Å²) in [4.78, 5) is 12.2. The SMILES string of the molecule is Cc1cc(S(=O)(=O)N2CCc3nn(C)c(=O)n3CC2)ccc1Cl. The molecule has 0 unspecified atom stereocenters. The van der Waals surface area contributed by atoms with Gasteiger partial charge in [-0.25, -0.2) is 17.9 Å². The van der Waals surface area contributed by atoms with Crippen molar-refractivity contribution in [3.63, 3.8) is 0 Å². The van der Waals surface area contributed by atoms with Crippen molar-refractivity contribution in [1.82, 2.24) is 18.7 Å². The van der Waals surface area contributed by atoms with Crippen LogP contribution in [0.2, 0.25) is 5.02 Å². The molecule has 0 amide bonds. The highest BCUT2D eigenvalue weighted by Gasteiger charge is 2.28. The standard InChI is InChI=1S/C14H17ClN4O3S/c1-10-9-11(3-4-12(10)15)23(21,22)18-6-5-13-16-17(2)14(20)19(13)8-7-18/h3-4,9H,5-8H2,1-2H3. The first-order chi connectivity index (χ1) is 10.8. The highest BCUT2D eigenvalue weighted by Crippen LogP contribution is 2.23. The molecule has 0 aliphatic carbocycles. The van der Waals surface area contributed by atoms with E-state index in [9.17, 15) is 13.2 Å². The van der Waals surface area contributed by atoms with Gasteiger partial charge in [-0.05, 0) is 30.7 Å². The molecule has 7 nitrogen and oxygen atoms in total. The minimum absolute atomic E-state index is 0.215. The maximum absolute atomic E-state index is 12.8. The van der Waals surface area contributed by atoms with Crippen LogP contribution in [0.3, 0.4) is 0 Å². The molecule has 0 saturated heterocycles. The second-order valence-electron chi connectivity index (χ2n) is 5.54. The lowest BCUT2D eigenvalue weighted by Crippen LogP contribution is -2.35. The second kappa shape index (κ2) is 5.77. The summed E-state index contributed by atoms with van der Waals surface area (Å²) in [6.45, 7) is 2.60. The number of halogens is 1. The number of hydrogen-bond acceptors (Lipinski definition) is 4. The number of benzene rings is 1. The maximum Gasteiger partial charge on any atom is 0.345 e. The van der Waals surface area contributed by atoms with E-state index in [-0.39, 0.29) is 17.1 Å². The van der Waals surface area contributed by atoms with Gasteiger partial charge in [0.25, 0.3) is 0 Å². The zero-order chi connectivity index (χ0) is 16.8. The molecule has 0 atom stereocenters. The quantitative estimate of drug-likeness (QED) is 0.797. The van der Waals surface area contributed by atoms with E-state index < -0.39 is 10.0 Å². The van der Waals surface area contributed by atoms with Crippen LogP contribution in [-0.2, 0) is 30.0 Å². The monoisotopic (exact) mass is 356 g/mol. The van der Waals surface area contributed by atoms with Gasteiger partial charge >= 0.3 is 5.69 Å². The number of sulfonamides is 1. The molecular formula is C14H17ClN4O3S. The molecule has 1 aromatic heterocycles. The lowest BCUT2D eigenvalue weighted by atomic mass is 10.2. The molecule has 0 spiro atoms. The highest BCUT2D eigenvalue weighted by atomic mass is 35.5. The largest absolute Gasteiger partial charge is 0.345 e. The van der Waals surface area contributed by atoms with Gasteiger partial charge in [0.05, 0.1) is 4.90 Å². The van der Waals surface area contributed by atoms with E-state index in [0.29, 0.717) is 35.9 Å². The Hall–Kier alpha value is -1.64. The molecule has 9 heteroatoms. The molecule has 0 N–H and O–H groups in total. The van der Waals surface area contributed by atoms with Gasteiger partial charge in [-0.15, -0.1) is 0 Å². The Morgan fingerprint density at radius 1 is 1.22 bits per heavy atom. The molecule has 2 heterocycles. The Labute approximate surface area is 139 Å². The maximum atomic E-state index is 12.8. The fourth-order valence-corrected chi connectivity index (χ4v) is 4.31. The highest BCUT2D eigenvalue weighted by molar-refractivity contribution is 7.89. The van der Waals surface area contributed by atoms with Crippen LogP contribution in [0.25, 0.3) is 0 Å². The smallest absolute Gasteiger partial charge is 0.278 e. The van der Waals surface area contributed by atoms with E-state index in [4.69, 9.17) is 11.6 Å². The van der Waals surface area contributed by atoms with Crippen LogP contribution >= 0.6 is 11.6 Å². The summed E-state index contributed by atoms with van der Waals surface area (Å²) in [6, 6.07) is 4.66. The zero-order valence-corrected chi connectivity index (χ0v) is 14.4. The molecule has 3 rings (SSSR count). The van der Waals surface area contributed by atoms with Gasteiger partial charge in [0.1, 0.15) is 5.82 Å². The number of hydrogen-bond donors (Lipinski definition) is 0. The summed E-state index contributed by atoms with van der Waals surface area (Å²) < 4.78 is 29.8. The van der Waals surface area contributed by atoms with Crippen LogP contribution in [0.4, 0.5) is 0 Å². The Morgan fingerprint density at radius 2 is 1.96 bits per heavy atom. The Morgan fingerprint density at radius 3 is 2.65 bits per heavy atom. The van der Waals surface area contributed by atoms with Gasteiger partial charge in [-0.1, -0.05) is 11.6 Å². The van der Waals surface area contributed by atoms with Crippen molar-refractivity contribution in [1.29, 1.82) is 0 Å². The van der Waals surface area contributed by atoms with Crippen LogP contribution in [0, 0.1) is 6.92 Å². The summed E-state index contributed by atoms with van der Waals surface area (Å²) in [7, 11) is -2.03. The first-order valence-electron chi connectivity index (χ1n) is 7.20. The Kier molecular flexibility index (Phi) is 4.07. The van der Waals surface area contributed by atoms with Crippen molar-refractivity contribution >= 4 is 21.6 Å². The molecule has 23 heavy (non-hydrogen) atoms. The summed E-state index contributed by atoms with van der Waals surface area (Å²) in [5.74, 6) is 0.613. The number of aryl methyl sites for hydroxylation is 2.